The van der Waals surface area contributed by atoms with E-state index in [1.54, 1.807) is 18.4 Å². The highest BCUT2D eigenvalue weighted by atomic mass is 16.6. The first-order valence-electron chi connectivity index (χ1n) is 6.21. The second kappa shape index (κ2) is 5.77. The zero-order chi connectivity index (χ0) is 14.6. The van der Waals surface area contributed by atoms with Crippen molar-refractivity contribution in [2.45, 2.75) is 32.7 Å². The first-order valence-corrected chi connectivity index (χ1v) is 6.21. The topological polar surface area (TPSA) is 90.4 Å². The average Bonchev–Trinajstić information content (AvgIpc) is 3.04. The van der Waals surface area contributed by atoms with Crippen LogP contribution in [0, 0.1) is 0 Å². The van der Waals surface area contributed by atoms with Crippen LogP contribution in [0.3, 0.4) is 0 Å². The second-order valence-corrected chi connectivity index (χ2v) is 5.28. The number of carbonyl (C=O) groups excluding carboxylic acids is 1. The van der Waals surface area contributed by atoms with Gasteiger partial charge in [0, 0.05) is 5.41 Å². The van der Waals surface area contributed by atoms with Crippen molar-refractivity contribution in [2.75, 3.05) is 6.61 Å². The molecule has 2 aromatic rings. The van der Waals surface area contributed by atoms with Crippen molar-refractivity contribution in [2.24, 2.45) is 0 Å². The van der Waals surface area contributed by atoms with Crippen LogP contribution in [0.15, 0.2) is 27.3 Å². The lowest BCUT2D eigenvalue weighted by Gasteiger charge is -2.10. The van der Waals surface area contributed by atoms with Crippen LogP contribution in [-0.4, -0.2) is 22.7 Å². The maximum atomic E-state index is 11.5. The van der Waals surface area contributed by atoms with E-state index < -0.39 is 0 Å². The summed E-state index contributed by atoms with van der Waals surface area (Å²) >= 11 is 0. The third-order valence-corrected chi connectivity index (χ3v) is 2.44. The van der Waals surface area contributed by atoms with Crippen LogP contribution >= 0.6 is 0 Å². The molecule has 0 fully saturated rings. The molecule has 0 unspecified atom stereocenters. The van der Waals surface area contributed by atoms with E-state index in [9.17, 15) is 4.79 Å². The quantitative estimate of drug-likeness (QED) is 0.895. The Morgan fingerprint density at radius 1 is 1.45 bits per heavy atom. The number of furan rings is 1. The second-order valence-electron chi connectivity index (χ2n) is 5.28. The molecule has 0 aromatic carbocycles. The van der Waals surface area contributed by atoms with Crippen molar-refractivity contribution < 1.29 is 18.5 Å². The van der Waals surface area contributed by atoms with E-state index in [2.05, 4.69) is 15.5 Å². The minimum Gasteiger partial charge on any atom is -0.467 e. The summed E-state index contributed by atoms with van der Waals surface area (Å²) in [6.07, 6.45) is 1.54. The van der Waals surface area contributed by atoms with Gasteiger partial charge in [0.25, 0.3) is 5.91 Å². The van der Waals surface area contributed by atoms with Gasteiger partial charge in [-0.25, -0.2) is 0 Å². The summed E-state index contributed by atoms with van der Waals surface area (Å²) in [5.41, 5.74) is -0.230. The lowest BCUT2D eigenvalue weighted by Crippen LogP contribution is -2.28. The Morgan fingerprint density at radius 3 is 2.85 bits per heavy atom. The highest BCUT2D eigenvalue weighted by Crippen LogP contribution is 2.20. The van der Waals surface area contributed by atoms with Gasteiger partial charge in [-0.3, -0.25) is 9.32 Å². The zero-order valence-electron chi connectivity index (χ0n) is 11.7. The Hall–Kier alpha value is -2.31. The molecular weight excluding hydrogens is 262 g/mol. The fourth-order valence-corrected chi connectivity index (χ4v) is 1.35. The summed E-state index contributed by atoms with van der Waals surface area (Å²) in [6, 6.07) is 3.53. The molecular formula is C13H17N3O4. The van der Waals surface area contributed by atoms with Crippen LogP contribution in [0.1, 0.15) is 32.4 Å². The molecule has 0 spiro atoms. The monoisotopic (exact) mass is 279 g/mol. The summed E-state index contributed by atoms with van der Waals surface area (Å²) in [6.45, 7) is 5.99. The van der Waals surface area contributed by atoms with Crippen LogP contribution in [0.5, 0.6) is 6.08 Å². The molecule has 0 bridgehead atoms. The van der Waals surface area contributed by atoms with Crippen LogP contribution in [0.4, 0.5) is 0 Å². The fourth-order valence-electron chi connectivity index (χ4n) is 1.35. The Balaban J connectivity index is 1.77. The van der Waals surface area contributed by atoms with Crippen molar-refractivity contribution >= 4 is 5.91 Å². The number of nitrogens with one attached hydrogen (secondary N) is 1. The van der Waals surface area contributed by atoms with Gasteiger partial charge in [-0.1, -0.05) is 25.9 Å². The van der Waals surface area contributed by atoms with E-state index in [1.807, 2.05) is 20.8 Å². The Bertz CT molecular complexity index is 554. The van der Waals surface area contributed by atoms with Crippen molar-refractivity contribution in [3.63, 3.8) is 0 Å². The van der Waals surface area contributed by atoms with Gasteiger partial charge in [-0.2, -0.15) is 4.98 Å². The number of amides is 1. The van der Waals surface area contributed by atoms with Crippen molar-refractivity contribution in [3.05, 3.63) is 30.0 Å². The lowest BCUT2D eigenvalue weighted by atomic mass is 9.96. The summed E-state index contributed by atoms with van der Waals surface area (Å²) in [5, 5.41) is 6.44. The van der Waals surface area contributed by atoms with Gasteiger partial charge < -0.3 is 14.5 Å². The predicted octanol–water partition coefficient (Wildman–Crippen LogP) is 1.66. The summed E-state index contributed by atoms with van der Waals surface area (Å²) < 4.78 is 15.1. The molecule has 1 N–H and O–H groups in total. The van der Waals surface area contributed by atoms with Crippen LogP contribution in [0.2, 0.25) is 0 Å². The van der Waals surface area contributed by atoms with E-state index in [4.69, 9.17) is 13.7 Å². The molecule has 0 atom stereocenters. The van der Waals surface area contributed by atoms with Gasteiger partial charge in [0.1, 0.15) is 5.76 Å². The number of hydrogen-bond acceptors (Lipinski definition) is 6. The largest absolute Gasteiger partial charge is 0.467 e. The molecule has 2 heterocycles. The SMILES string of the molecule is CC(C)(C)c1noc(OCC(=O)NCc2ccco2)n1. The first-order chi connectivity index (χ1) is 9.45. The van der Waals surface area contributed by atoms with Crippen molar-refractivity contribution in [1.29, 1.82) is 0 Å². The molecule has 108 valence electrons. The Labute approximate surface area is 116 Å². The molecule has 0 aliphatic rings. The lowest BCUT2D eigenvalue weighted by molar-refractivity contribution is -0.123. The minimum atomic E-state index is -0.295. The van der Waals surface area contributed by atoms with Crippen molar-refractivity contribution in [3.8, 4) is 6.08 Å². The third kappa shape index (κ3) is 3.84. The maximum Gasteiger partial charge on any atom is 0.417 e. The van der Waals surface area contributed by atoms with Crippen LogP contribution < -0.4 is 10.1 Å². The van der Waals surface area contributed by atoms with Gasteiger partial charge in [0.05, 0.1) is 12.8 Å². The molecule has 0 radical (unpaired) electrons. The number of carbonyl (C=O) groups is 1. The number of rotatable bonds is 5. The van der Waals surface area contributed by atoms with Crippen LogP contribution in [-0.2, 0) is 16.8 Å². The molecule has 0 saturated heterocycles. The molecule has 1 amide bonds. The molecule has 7 heteroatoms. The number of aromatic nitrogens is 2. The average molecular weight is 279 g/mol. The van der Waals surface area contributed by atoms with E-state index >= 15 is 0 Å². The molecule has 2 rings (SSSR count). The zero-order valence-corrected chi connectivity index (χ0v) is 11.7. The molecule has 20 heavy (non-hydrogen) atoms. The highest BCUT2D eigenvalue weighted by Gasteiger charge is 2.21. The summed E-state index contributed by atoms with van der Waals surface area (Å²) in [7, 11) is 0. The number of nitrogens with zero attached hydrogens (tertiary/aromatic N) is 2. The van der Waals surface area contributed by atoms with Gasteiger partial charge in [-0.05, 0) is 12.1 Å². The standard InChI is InChI=1S/C13H17N3O4/c1-13(2,3)11-15-12(20-16-11)19-8-10(17)14-7-9-5-4-6-18-9/h4-6H,7-8H2,1-3H3,(H,14,17). The normalized spacial score (nSPS) is 11.3. The predicted molar refractivity (Wildman–Crippen MR) is 69.0 cm³/mol. The number of hydrogen-bond donors (Lipinski definition) is 1. The molecule has 0 aliphatic carbocycles. The van der Waals surface area contributed by atoms with Gasteiger partial charge in [0.2, 0.25) is 0 Å². The smallest absolute Gasteiger partial charge is 0.417 e. The van der Waals surface area contributed by atoms with Crippen molar-refractivity contribution in [1.82, 2.24) is 15.5 Å². The Morgan fingerprint density at radius 2 is 2.25 bits per heavy atom. The maximum absolute atomic E-state index is 11.5. The number of ether oxygens (including phenoxy) is 1. The molecule has 7 nitrogen and oxygen atoms in total. The highest BCUT2D eigenvalue weighted by molar-refractivity contribution is 5.77. The van der Waals surface area contributed by atoms with E-state index in [0.29, 0.717) is 18.1 Å². The van der Waals surface area contributed by atoms with Gasteiger partial charge >= 0.3 is 6.08 Å². The van der Waals surface area contributed by atoms with Crippen LogP contribution in [0.25, 0.3) is 0 Å². The van der Waals surface area contributed by atoms with Gasteiger partial charge in [-0.15, -0.1) is 0 Å². The third-order valence-electron chi connectivity index (χ3n) is 2.44. The minimum absolute atomic E-state index is 0.0110. The summed E-state index contributed by atoms with van der Waals surface area (Å²) in [5.74, 6) is 0.909. The fraction of sp³-hybridized carbons (Fsp3) is 0.462. The van der Waals surface area contributed by atoms with E-state index in [1.165, 1.54) is 0 Å². The summed E-state index contributed by atoms with van der Waals surface area (Å²) in [4.78, 5) is 15.6. The molecule has 0 saturated carbocycles. The molecule has 0 aliphatic heterocycles. The Kier molecular flexibility index (Phi) is 4.07. The van der Waals surface area contributed by atoms with E-state index in [0.717, 1.165) is 0 Å². The first kappa shape index (κ1) is 14.1. The van der Waals surface area contributed by atoms with Gasteiger partial charge in [0.15, 0.2) is 12.4 Å². The van der Waals surface area contributed by atoms with E-state index in [-0.39, 0.29) is 24.0 Å². The molecule has 2 aromatic heterocycles.